The number of nitrogens with one attached hydrogen (secondary N) is 1. The lowest BCUT2D eigenvalue weighted by molar-refractivity contribution is 0.437. The minimum Gasteiger partial charge on any atom is -0.508 e. The zero-order valence-corrected chi connectivity index (χ0v) is 8.72. The molecule has 0 aliphatic rings. The summed E-state index contributed by atoms with van der Waals surface area (Å²) in [5.74, 6) is 0.477. The molecule has 0 fully saturated rings. The number of aromatic hydroxyl groups is 1. The summed E-state index contributed by atoms with van der Waals surface area (Å²) in [6.07, 6.45) is 2.63. The van der Waals surface area contributed by atoms with Crippen molar-refractivity contribution in [2.24, 2.45) is 0 Å². The predicted molar refractivity (Wildman–Crippen MR) is 57.5 cm³/mol. The van der Waals surface area contributed by atoms with Crippen LogP contribution in [0.5, 0.6) is 17.5 Å². The van der Waals surface area contributed by atoms with Crippen LogP contribution in [0.4, 0.5) is 5.69 Å². The maximum atomic E-state index is 9.24. The van der Waals surface area contributed by atoms with Gasteiger partial charge in [0.1, 0.15) is 18.4 Å². The van der Waals surface area contributed by atoms with Gasteiger partial charge in [0.2, 0.25) is 0 Å². The van der Waals surface area contributed by atoms with Crippen LogP contribution >= 0.6 is 11.8 Å². The van der Waals surface area contributed by atoms with Crippen LogP contribution in [0, 0.1) is 0 Å². The second-order valence-corrected chi connectivity index (χ2v) is 2.99. The van der Waals surface area contributed by atoms with Gasteiger partial charge in [0.15, 0.2) is 5.75 Å². The zero-order valence-electron chi connectivity index (χ0n) is 7.96. The summed E-state index contributed by atoms with van der Waals surface area (Å²) >= 11 is 5.48. The quantitative estimate of drug-likeness (QED) is 0.796. The molecule has 0 saturated carbocycles. The molecule has 0 aliphatic carbocycles. The minimum absolute atomic E-state index is 0.0751. The van der Waals surface area contributed by atoms with Crippen molar-refractivity contribution in [1.82, 2.24) is 15.0 Å². The van der Waals surface area contributed by atoms with E-state index in [0.29, 0.717) is 11.4 Å². The maximum absolute atomic E-state index is 9.24. The van der Waals surface area contributed by atoms with Crippen LogP contribution < -0.4 is 9.57 Å². The summed E-state index contributed by atoms with van der Waals surface area (Å²) in [4.78, 5) is 13.6. The van der Waals surface area contributed by atoms with Crippen molar-refractivity contribution < 1.29 is 9.84 Å². The van der Waals surface area contributed by atoms with Crippen LogP contribution in [0.15, 0.2) is 30.9 Å². The van der Waals surface area contributed by atoms with Crippen molar-refractivity contribution in [2.45, 2.75) is 0 Å². The SMILES string of the molecule is Oc1ccc(Oc2ncncn2)c(NCl)c1. The molecule has 1 aromatic heterocycles. The molecular formula is C9H7ClN4O2. The monoisotopic (exact) mass is 238 g/mol. The molecule has 0 spiro atoms. The average Bonchev–Trinajstić information content (AvgIpc) is 2.33. The van der Waals surface area contributed by atoms with E-state index >= 15 is 0 Å². The van der Waals surface area contributed by atoms with Gasteiger partial charge in [0.05, 0.1) is 5.69 Å². The van der Waals surface area contributed by atoms with Crippen molar-refractivity contribution in [1.29, 1.82) is 0 Å². The van der Waals surface area contributed by atoms with E-state index in [1.54, 1.807) is 6.07 Å². The number of phenols is 1. The Morgan fingerprint density at radius 3 is 2.69 bits per heavy atom. The van der Waals surface area contributed by atoms with Crippen LogP contribution in [-0.2, 0) is 0 Å². The highest BCUT2D eigenvalue weighted by molar-refractivity contribution is 6.24. The van der Waals surface area contributed by atoms with Gasteiger partial charge in [-0.1, -0.05) is 0 Å². The van der Waals surface area contributed by atoms with Gasteiger partial charge >= 0.3 is 6.01 Å². The third-order valence-electron chi connectivity index (χ3n) is 1.74. The molecule has 1 aromatic carbocycles. The molecule has 2 N–H and O–H groups in total. The molecule has 0 amide bonds. The first kappa shape index (κ1) is 10.4. The molecule has 7 heteroatoms. The molecule has 0 radical (unpaired) electrons. The normalized spacial score (nSPS) is 9.81. The van der Waals surface area contributed by atoms with Gasteiger partial charge in [-0.15, -0.1) is 0 Å². The van der Waals surface area contributed by atoms with Gasteiger partial charge in [-0.05, 0) is 12.1 Å². The first-order valence-electron chi connectivity index (χ1n) is 4.29. The van der Waals surface area contributed by atoms with Crippen molar-refractivity contribution in [3.63, 3.8) is 0 Å². The Kier molecular flexibility index (Phi) is 3.02. The second-order valence-electron chi connectivity index (χ2n) is 2.80. The molecule has 0 bridgehead atoms. The van der Waals surface area contributed by atoms with Crippen molar-refractivity contribution in [2.75, 3.05) is 4.84 Å². The molecule has 0 unspecified atom stereocenters. The Balaban J connectivity index is 2.28. The van der Waals surface area contributed by atoms with Gasteiger partial charge in [-0.2, -0.15) is 9.97 Å². The first-order valence-corrected chi connectivity index (χ1v) is 4.67. The number of nitrogens with zero attached hydrogens (tertiary/aromatic N) is 3. The summed E-state index contributed by atoms with van der Waals surface area (Å²) in [7, 11) is 0. The Labute approximate surface area is 96.0 Å². The number of rotatable bonds is 3. The van der Waals surface area contributed by atoms with Gasteiger partial charge < -0.3 is 9.84 Å². The molecule has 82 valence electrons. The van der Waals surface area contributed by atoms with Gasteiger partial charge in [0.25, 0.3) is 0 Å². The third kappa shape index (κ3) is 2.29. The largest absolute Gasteiger partial charge is 0.508 e. The fourth-order valence-corrected chi connectivity index (χ4v) is 1.21. The number of aromatic nitrogens is 3. The average molecular weight is 239 g/mol. The summed E-state index contributed by atoms with van der Waals surface area (Å²) in [5.41, 5.74) is 0.419. The van der Waals surface area contributed by atoms with Crippen molar-refractivity contribution in [3.05, 3.63) is 30.9 Å². The van der Waals surface area contributed by atoms with E-state index in [1.807, 2.05) is 0 Å². The van der Waals surface area contributed by atoms with E-state index in [9.17, 15) is 5.11 Å². The lowest BCUT2D eigenvalue weighted by Crippen LogP contribution is -1.94. The zero-order chi connectivity index (χ0) is 11.4. The number of benzene rings is 1. The Morgan fingerprint density at radius 1 is 1.25 bits per heavy atom. The minimum atomic E-state index is 0.0751. The van der Waals surface area contributed by atoms with Crippen LogP contribution in [-0.4, -0.2) is 20.1 Å². The molecule has 16 heavy (non-hydrogen) atoms. The van der Waals surface area contributed by atoms with E-state index in [1.165, 1.54) is 24.8 Å². The van der Waals surface area contributed by atoms with E-state index in [4.69, 9.17) is 16.5 Å². The molecule has 0 aliphatic heterocycles. The number of ether oxygens (including phenoxy) is 1. The maximum Gasteiger partial charge on any atom is 0.325 e. The van der Waals surface area contributed by atoms with E-state index in [-0.39, 0.29) is 11.8 Å². The summed E-state index contributed by atoms with van der Waals surface area (Å²) in [6, 6.07) is 4.58. The fourth-order valence-electron chi connectivity index (χ4n) is 1.06. The van der Waals surface area contributed by atoms with Crippen LogP contribution in [0.3, 0.4) is 0 Å². The molecule has 2 rings (SSSR count). The summed E-state index contributed by atoms with van der Waals surface area (Å²) in [5, 5.41) is 9.24. The number of hydrogen-bond donors (Lipinski definition) is 2. The van der Waals surface area contributed by atoms with Gasteiger partial charge in [-0.25, -0.2) is 4.98 Å². The third-order valence-corrected chi connectivity index (χ3v) is 1.94. The van der Waals surface area contributed by atoms with Crippen molar-refractivity contribution >= 4 is 17.5 Å². The smallest absolute Gasteiger partial charge is 0.325 e. The first-order chi connectivity index (χ1) is 7.79. The lowest BCUT2D eigenvalue weighted by Gasteiger charge is -2.07. The molecule has 0 saturated heterocycles. The standard InChI is InChI=1S/C9H7ClN4O2/c10-14-7-3-6(15)1-2-8(7)16-9-12-4-11-5-13-9/h1-5,14-15H. The van der Waals surface area contributed by atoms with E-state index < -0.39 is 0 Å². The van der Waals surface area contributed by atoms with Crippen molar-refractivity contribution in [3.8, 4) is 17.5 Å². The van der Waals surface area contributed by atoms with E-state index in [2.05, 4.69) is 19.8 Å². The topological polar surface area (TPSA) is 80.2 Å². The number of hydrogen-bond acceptors (Lipinski definition) is 6. The van der Waals surface area contributed by atoms with Gasteiger partial charge in [0, 0.05) is 17.8 Å². The van der Waals surface area contributed by atoms with Gasteiger partial charge in [-0.3, -0.25) is 4.84 Å². The van der Waals surface area contributed by atoms with E-state index in [0.717, 1.165) is 0 Å². The number of phenolic OH excluding ortho intramolecular Hbond substituents is 1. The van der Waals surface area contributed by atoms with Crippen LogP contribution in [0.2, 0.25) is 0 Å². The Bertz CT molecular complexity index is 480. The Morgan fingerprint density at radius 2 is 2.00 bits per heavy atom. The Hall–Kier alpha value is -2.08. The highest BCUT2D eigenvalue weighted by atomic mass is 35.5. The molecule has 2 aromatic rings. The molecule has 0 atom stereocenters. The number of halogens is 1. The fraction of sp³-hybridized carbons (Fsp3) is 0. The molecule has 1 heterocycles. The molecule has 6 nitrogen and oxygen atoms in total. The second kappa shape index (κ2) is 4.63. The molecular weight excluding hydrogens is 232 g/mol. The number of anilines is 1. The van der Waals surface area contributed by atoms with Crippen LogP contribution in [0.1, 0.15) is 0 Å². The highest BCUT2D eigenvalue weighted by Crippen LogP contribution is 2.31. The lowest BCUT2D eigenvalue weighted by atomic mass is 10.3. The van der Waals surface area contributed by atoms with Crippen LogP contribution in [0.25, 0.3) is 0 Å². The summed E-state index contributed by atoms with van der Waals surface area (Å²) < 4.78 is 5.34. The predicted octanol–water partition coefficient (Wildman–Crippen LogP) is 1.94. The highest BCUT2D eigenvalue weighted by Gasteiger charge is 2.06. The summed E-state index contributed by atoms with van der Waals surface area (Å²) in [6.45, 7) is 0.